The molecule has 0 saturated carbocycles. The molecular weight excluding hydrogens is 332 g/mol. The second-order valence-electron chi connectivity index (χ2n) is 5.67. The maximum atomic E-state index is 11.2. The fraction of sp³-hybridized carbons (Fsp3) is 0.158. The molecule has 2 aromatic carbocycles. The van der Waals surface area contributed by atoms with Crippen molar-refractivity contribution >= 4 is 39.6 Å². The summed E-state index contributed by atoms with van der Waals surface area (Å²) in [6.07, 6.45) is 1.67. The summed E-state index contributed by atoms with van der Waals surface area (Å²) in [6.45, 7) is 1.47. The number of pyridine rings is 1. The highest BCUT2D eigenvalue weighted by atomic mass is 16.5. The molecule has 0 aliphatic heterocycles. The number of benzene rings is 2. The van der Waals surface area contributed by atoms with Crippen molar-refractivity contribution in [2.75, 3.05) is 30.6 Å². The Bertz CT molecular complexity index is 972. The van der Waals surface area contributed by atoms with E-state index in [0.29, 0.717) is 28.7 Å². The third-order valence-electron chi connectivity index (χ3n) is 3.86. The molecule has 134 valence electrons. The molecule has 3 rings (SSSR count). The van der Waals surface area contributed by atoms with Gasteiger partial charge in [0.2, 0.25) is 5.91 Å². The number of nitrogens with one attached hydrogen (secondary N) is 2. The predicted molar refractivity (Wildman–Crippen MR) is 103 cm³/mol. The Kier molecular flexibility index (Phi) is 4.79. The van der Waals surface area contributed by atoms with Crippen molar-refractivity contribution in [1.29, 1.82) is 0 Å². The first-order chi connectivity index (χ1) is 12.5. The van der Waals surface area contributed by atoms with Gasteiger partial charge in [-0.05, 0) is 24.3 Å². The van der Waals surface area contributed by atoms with E-state index in [2.05, 4.69) is 15.6 Å². The molecule has 0 spiro atoms. The molecule has 1 heterocycles. The number of rotatable bonds is 5. The van der Waals surface area contributed by atoms with Gasteiger partial charge in [-0.15, -0.1) is 0 Å². The summed E-state index contributed by atoms with van der Waals surface area (Å²) in [7, 11) is 3.15. The molecule has 1 aromatic heterocycles. The van der Waals surface area contributed by atoms with Gasteiger partial charge in [-0.1, -0.05) is 6.07 Å². The number of amides is 1. The van der Waals surface area contributed by atoms with Gasteiger partial charge < -0.3 is 25.8 Å². The summed E-state index contributed by atoms with van der Waals surface area (Å²) in [5.41, 5.74) is 8.21. The van der Waals surface area contributed by atoms with Gasteiger partial charge in [0, 0.05) is 41.6 Å². The largest absolute Gasteiger partial charge is 0.493 e. The average molecular weight is 352 g/mol. The maximum absolute atomic E-state index is 11.2. The fourth-order valence-corrected chi connectivity index (χ4v) is 2.83. The summed E-state index contributed by atoms with van der Waals surface area (Å²) < 4.78 is 10.8. The van der Waals surface area contributed by atoms with Gasteiger partial charge in [0.15, 0.2) is 11.5 Å². The number of aromatic nitrogens is 1. The fourth-order valence-electron chi connectivity index (χ4n) is 2.83. The molecule has 4 N–H and O–H groups in total. The van der Waals surface area contributed by atoms with Crippen LogP contribution in [0.2, 0.25) is 0 Å². The number of carbonyl (C=O) groups is 1. The molecule has 7 nitrogen and oxygen atoms in total. The minimum atomic E-state index is -0.133. The van der Waals surface area contributed by atoms with Gasteiger partial charge in [-0.25, -0.2) is 4.98 Å². The van der Waals surface area contributed by atoms with Crippen molar-refractivity contribution in [3.8, 4) is 11.5 Å². The zero-order valence-electron chi connectivity index (χ0n) is 14.8. The maximum Gasteiger partial charge on any atom is 0.221 e. The van der Waals surface area contributed by atoms with Crippen LogP contribution in [-0.4, -0.2) is 25.1 Å². The van der Waals surface area contributed by atoms with Crippen molar-refractivity contribution < 1.29 is 14.3 Å². The Hall–Kier alpha value is -3.48. The molecule has 7 heteroatoms. The van der Waals surface area contributed by atoms with Gasteiger partial charge in [0.25, 0.3) is 0 Å². The Morgan fingerprint density at radius 2 is 1.88 bits per heavy atom. The molecule has 1 amide bonds. The standard InChI is InChI=1S/C19H20N4O3/c1-11(24)22-12-5-4-6-13(9-12)23-19-17-14(7-8-21-19)18(26-3)16(25-2)10-15(17)20/h4-10H,20H2,1-3H3,(H,21,23)(H,22,24). The van der Waals surface area contributed by atoms with E-state index in [1.807, 2.05) is 30.3 Å². The van der Waals surface area contributed by atoms with Crippen LogP contribution in [0.25, 0.3) is 10.8 Å². The molecular formula is C19H20N4O3. The second-order valence-corrected chi connectivity index (χ2v) is 5.67. The lowest BCUT2D eigenvalue weighted by Crippen LogP contribution is -2.06. The van der Waals surface area contributed by atoms with E-state index < -0.39 is 0 Å². The van der Waals surface area contributed by atoms with Crippen LogP contribution in [0.5, 0.6) is 11.5 Å². The molecule has 0 unspecified atom stereocenters. The Labute approximate surface area is 151 Å². The van der Waals surface area contributed by atoms with Crippen LogP contribution in [0.4, 0.5) is 22.9 Å². The van der Waals surface area contributed by atoms with Crippen molar-refractivity contribution in [1.82, 2.24) is 4.98 Å². The zero-order valence-corrected chi connectivity index (χ0v) is 14.8. The van der Waals surface area contributed by atoms with Crippen molar-refractivity contribution in [3.63, 3.8) is 0 Å². The molecule has 0 saturated heterocycles. The van der Waals surface area contributed by atoms with E-state index in [4.69, 9.17) is 15.2 Å². The Morgan fingerprint density at radius 3 is 2.58 bits per heavy atom. The van der Waals surface area contributed by atoms with E-state index >= 15 is 0 Å². The molecule has 3 aromatic rings. The van der Waals surface area contributed by atoms with Gasteiger partial charge in [-0.3, -0.25) is 4.79 Å². The molecule has 0 fully saturated rings. The topological polar surface area (TPSA) is 98.5 Å². The molecule has 0 aliphatic rings. The SMILES string of the molecule is COc1cc(N)c2c(Nc3cccc(NC(C)=O)c3)nccc2c1OC. The summed E-state index contributed by atoms with van der Waals surface area (Å²) in [6, 6.07) is 10.9. The third kappa shape index (κ3) is 3.32. The number of nitrogens with two attached hydrogens (primary N) is 1. The number of hydrogen-bond acceptors (Lipinski definition) is 6. The summed E-state index contributed by atoms with van der Waals surface area (Å²) >= 11 is 0. The first-order valence-electron chi connectivity index (χ1n) is 7.97. The van der Waals surface area contributed by atoms with Crippen molar-refractivity contribution in [2.24, 2.45) is 0 Å². The summed E-state index contributed by atoms with van der Waals surface area (Å²) in [5.74, 6) is 1.60. The monoisotopic (exact) mass is 352 g/mol. The number of hydrogen-bond donors (Lipinski definition) is 3. The van der Waals surface area contributed by atoms with Crippen LogP contribution in [0.15, 0.2) is 42.6 Å². The number of anilines is 4. The lowest BCUT2D eigenvalue weighted by Gasteiger charge is -2.16. The van der Waals surface area contributed by atoms with Crippen molar-refractivity contribution in [2.45, 2.75) is 6.92 Å². The van der Waals surface area contributed by atoms with Crippen LogP contribution in [0.3, 0.4) is 0 Å². The van der Waals surface area contributed by atoms with Gasteiger partial charge in [-0.2, -0.15) is 0 Å². The number of carbonyl (C=O) groups excluding carboxylic acids is 1. The summed E-state index contributed by atoms with van der Waals surface area (Å²) in [4.78, 5) is 15.7. The third-order valence-corrected chi connectivity index (χ3v) is 3.86. The number of nitrogens with zero attached hydrogens (tertiary/aromatic N) is 1. The average Bonchev–Trinajstić information content (AvgIpc) is 2.61. The molecule has 0 atom stereocenters. The first-order valence-corrected chi connectivity index (χ1v) is 7.97. The van der Waals surface area contributed by atoms with Crippen LogP contribution in [0, 0.1) is 0 Å². The quantitative estimate of drug-likeness (QED) is 0.608. The minimum Gasteiger partial charge on any atom is -0.493 e. The predicted octanol–water partition coefficient (Wildman–Crippen LogP) is 3.54. The van der Waals surface area contributed by atoms with E-state index in [0.717, 1.165) is 16.5 Å². The smallest absolute Gasteiger partial charge is 0.221 e. The Balaban J connectivity index is 2.08. The van der Waals surface area contributed by atoms with Gasteiger partial charge in [0.1, 0.15) is 5.82 Å². The molecule has 26 heavy (non-hydrogen) atoms. The van der Waals surface area contributed by atoms with Crippen molar-refractivity contribution in [3.05, 3.63) is 42.6 Å². The van der Waals surface area contributed by atoms with E-state index in [1.54, 1.807) is 26.5 Å². The Morgan fingerprint density at radius 1 is 1.12 bits per heavy atom. The van der Waals surface area contributed by atoms with E-state index in [1.165, 1.54) is 6.92 Å². The van der Waals surface area contributed by atoms with Crippen LogP contribution >= 0.6 is 0 Å². The van der Waals surface area contributed by atoms with Gasteiger partial charge >= 0.3 is 0 Å². The zero-order chi connectivity index (χ0) is 18.7. The van der Waals surface area contributed by atoms with E-state index in [9.17, 15) is 4.79 Å². The number of ether oxygens (including phenoxy) is 2. The van der Waals surface area contributed by atoms with E-state index in [-0.39, 0.29) is 5.91 Å². The lowest BCUT2D eigenvalue weighted by atomic mass is 10.1. The second kappa shape index (κ2) is 7.18. The lowest BCUT2D eigenvalue weighted by molar-refractivity contribution is -0.114. The van der Waals surface area contributed by atoms with Gasteiger partial charge in [0.05, 0.1) is 19.6 Å². The highest BCUT2D eigenvalue weighted by Gasteiger charge is 2.16. The van der Waals surface area contributed by atoms with Crippen LogP contribution < -0.4 is 25.8 Å². The first kappa shape index (κ1) is 17.3. The number of fused-ring (bicyclic) bond motifs is 1. The highest BCUT2D eigenvalue weighted by Crippen LogP contribution is 2.41. The normalized spacial score (nSPS) is 10.4. The van der Waals surface area contributed by atoms with Crippen LogP contribution in [0.1, 0.15) is 6.92 Å². The summed E-state index contributed by atoms with van der Waals surface area (Å²) in [5, 5.41) is 7.53. The molecule has 0 aliphatic carbocycles. The number of methoxy groups -OCH3 is 2. The number of nitrogen functional groups attached to an aromatic ring is 1. The molecule has 0 radical (unpaired) electrons. The van der Waals surface area contributed by atoms with Crippen LogP contribution in [-0.2, 0) is 4.79 Å². The minimum absolute atomic E-state index is 0.133. The highest BCUT2D eigenvalue weighted by molar-refractivity contribution is 6.06. The molecule has 0 bridgehead atoms.